The van der Waals surface area contributed by atoms with Crippen molar-refractivity contribution in [2.45, 2.75) is 51.4 Å². The van der Waals surface area contributed by atoms with Crippen molar-refractivity contribution in [2.24, 2.45) is 5.41 Å². The summed E-state index contributed by atoms with van der Waals surface area (Å²) in [6.07, 6.45) is -3.21. The zero-order valence-corrected chi connectivity index (χ0v) is 24.7. The Bertz CT molecular complexity index is 1370. The van der Waals surface area contributed by atoms with Crippen LogP contribution >= 0.6 is 0 Å². The first kappa shape index (κ1) is 30.6. The number of nitrogens with zero attached hydrogens (tertiary/aromatic N) is 5. The van der Waals surface area contributed by atoms with Gasteiger partial charge in [-0.25, -0.2) is 4.98 Å². The van der Waals surface area contributed by atoms with E-state index in [0.717, 1.165) is 31.9 Å². The predicted octanol–water partition coefficient (Wildman–Crippen LogP) is 3.06. The number of likely N-dealkylation sites (N-methyl/N-ethyl adjacent to an activating group) is 1. The Morgan fingerprint density at radius 2 is 1.70 bits per heavy atom. The van der Waals surface area contributed by atoms with Gasteiger partial charge in [-0.15, -0.1) is 0 Å². The molecule has 3 aliphatic rings. The lowest BCUT2D eigenvalue weighted by atomic mass is 9.96. The third kappa shape index (κ3) is 5.99. The van der Waals surface area contributed by atoms with E-state index in [2.05, 4.69) is 27.1 Å². The van der Waals surface area contributed by atoms with Crippen molar-refractivity contribution in [2.75, 3.05) is 62.3 Å². The number of nitrogens with two attached hydrogens (primary N) is 1. The van der Waals surface area contributed by atoms with E-state index in [1.165, 1.54) is 16.0 Å². The second-order valence-corrected chi connectivity index (χ2v) is 11.8. The first-order valence-corrected chi connectivity index (χ1v) is 14.6. The molecule has 2 atom stereocenters. The molecule has 3 amide bonds. The summed E-state index contributed by atoms with van der Waals surface area (Å²) in [6, 6.07) is 7.57. The van der Waals surface area contributed by atoms with E-state index in [0.29, 0.717) is 29.1 Å². The Morgan fingerprint density at radius 1 is 1.05 bits per heavy atom. The number of alkyl halides is 3. The second-order valence-electron chi connectivity index (χ2n) is 11.8. The summed E-state index contributed by atoms with van der Waals surface area (Å²) in [5, 5.41) is 2.58. The van der Waals surface area contributed by atoms with E-state index < -0.39 is 41.4 Å². The zero-order valence-electron chi connectivity index (χ0n) is 24.7. The average Bonchev–Trinajstić information content (AvgIpc) is 3.81. The molecule has 2 aliphatic heterocycles. The van der Waals surface area contributed by atoms with Crippen LogP contribution in [0.4, 0.5) is 30.4 Å². The molecule has 10 nitrogen and oxygen atoms in total. The highest BCUT2D eigenvalue weighted by Crippen LogP contribution is 2.59. The number of nitrogen functional groups attached to an aromatic ring is 1. The topological polar surface area (TPSA) is 115 Å². The SMILES string of the molecule is CCc1cc(NC(=O)C(=O)N2C[C@@H](C)N(C(=O)C3(C(F)(F)F)CC3)C[C@@H]2c2ccc(N3CCN(C)CC3)cc2)cnc1N. The van der Waals surface area contributed by atoms with Crippen molar-refractivity contribution >= 4 is 34.9 Å². The lowest BCUT2D eigenvalue weighted by molar-refractivity contribution is -0.201. The minimum atomic E-state index is -4.65. The molecular formula is C30H38F3N7O3. The minimum Gasteiger partial charge on any atom is -0.383 e. The molecule has 2 saturated heterocycles. The molecule has 2 aromatic rings. The van der Waals surface area contributed by atoms with Crippen molar-refractivity contribution in [3.05, 3.63) is 47.7 Å². The van der Waals surface area contributed by atoms with Crippen LogP contribution in [0.15, 0.2) is 36.5 Å². The van der Waals surface area contributed by atoms with Gasteiger partial charge in [0.1, 0.15) is 11.2 Å². The lowest BCUT2D eigenvalue weighted by Gasteiger charge is -2.46. The summed E-state index contributed by atoms with van der Waals surface area (Å²) in [5.74, 6) is -2.40. The Balaban J connectivity index is 1.41. The van der Waals surface area contributed by atoms with E-state index in [1.54, 1.807) is 13.0 Å². The van der Waals surface area contributed by atoms with Gasteiger partial charge in [-0.2, -0.15) is 13.2 Å². The molecule has 0 spiro atoms. The summed E-state index contributed by atoms with van der Waals surface area (Å²) in [4.78, 5) is 51.3. The second kappa shape index (κ2) is 11.7. The van der Waals surface area contributed by atoms with E-state index >= 15 is 0 Å². The summed E-state index contributed by atoms with van der Waals surface area (Å²) in [7, 11) is 2.07. The van der Waals surface area contributed by atoms with Crippen LogP contribution in [0.1, 0.15) is 43.9 Å². The molecule has 3 N–H and O–H groups in total. The van der Waals surface area contributed by atoms with E-state index in [1.807, 2.05) is 31.2 Å². The van der Waals surface area contributed by atoms with Crippen LogP contribution in [0, 0.1) is 5.41 Å². The third-order valence-electron chi connectivity index (χ3n) is 8.94. The van der Waals surface area contributed by atoms with Gasteiger partial charge >= 0.3 is 18.0 Å². The number of rotatable bonds is 5. The Labute approximate surface area is 249 Å². The number of aryl methyl sites for hydroxylation is 1. The van der Waals surface area contributed by atoms with Crippen LogP contribution in [0.3, 0.4) is 0 Å². The standard InChI is InChI=1S/C30H38F3N7O3/c1-4-20-15-22(16-35-25(20)34)36-26(41)27(42)40-17-19(2)39(28(43)29(9-10-29)30(31,32)33)18-24(40)21-5-7-23(8-6-21)38-13-11-37(3)12-14-38/h5-8,15-16,19,24H,4,9-14,17-18H2,1-3H3,(H2,34,35)(H,36,41)/t19-,24-/m1/s1. The fourth-order valence-electron chi connectivity index (χ4n) is 5.95. The third-order valence-corrected chi connectivity index (χ3v) is 8.94. The number of carbonyl (C=O) groups excluding carboxylic acids is 3. The molecule has 13 heteroatoms. The van der Waals surface area contributed by atoms with Crippen molar-refractivity contribution in [1.29, 1.82) is 0 Å². The minimum absolute atomic E-state index is 0.100. The van der Waals surface area contributed by atoms with Gasteiger partial charge < -0.3 is 30.7 Å². The molecule has 3 fully saturated rings. The van der Waals surface area contributed by atoms with Crippen molar-refractivity contribution in [3.8, 4) is 0 Å². The molecule has 0 radical (unpaired) electrons. The number of anilines is 3. The molecule has 1 aliphatic carbocycles. The molecule has 3 heterocycles. The molecule has 1 saturated carbocycles. The van der Waals surface area contributed by atoms with Crippen LogP contribution in [0.25, 0.3) is 0 Å². The molecule has 0 unspecified atom stereocenters. The van der Waals surface area contributed by atoms with Crippen molar-refractivity contribution in [3.63, 3.8) is 0 Å². The molecular weight excluding hydrogens is 563 g/mol. The maximum Gasteiger partial charge on any atom is 0.403 e. The highest BCUT2D eigenvalue weighted by Gasteiger charge is 2.70. The number of amides is 3. The summed E-state index contributed by atoms with van der Waals surface area (Å²) in [5.41, 5.74) is 6.12. The van der Waals surface area contributed by atoms with Gasteiger partial charge in [-0.05, 0) is 62.6 Å². The average molecular weight is 602 g/mol. The number of carbonyl (C=O) groups is 3. The molecule has 1 aromatic carbocycles. The van der Waals surface area contributed by atoms with E-state index in [9.17, 15) is 27.6 Å². The first-order valence-electron chi connectivity index (χ1n) is 14.6. The predicted molar refractivity (Wildman–Crippen MR) is 156 cm³/mol. The van der Waals surface area contributed by atoms with Crippen molar-refractivity contribution < 1.29 is 27.6 Å². The van der Waals surface area contributed by atoms with Gasteiger partial charge in [-0.1, -0.05) is 19.1 Å². The largest absolute Gasteiger partial charge is 0.403 e. The van der Waals surface area contributed by atoms with Gasteiger partial charge in [0.25, 0.3) is 0 Å². The lowest BCUT2D eigenvalue weighted by Crippen LogP contribution is -2.60. The highest BCUT2D eigenvalue weighted by atomic mass is 19.4. The zero-order chi connectivity index (χ0) is 31.1. The Hall–Kier alpha value is -3.87. The highest BCUT2D eigenvalue weighted by molar-refractivity contribution is 6.39. The fraction of sp³-hybridized carbons (Fsp3) is 0.533. The summed E-state index contributed by atoms with van der Waals surface area (Å²) in [6.45, 7) is 6.77. The summed E-state index contributed by atoms with van der Waals surface area (Å²) >= 11 is 0. The van der Waals surface area contributed by atoms with Gasteiger partial charge in [-0.3, -0.25) is 14.4 Å². The summed E-state index contributed by atoms with van der Waals surface area (Å²) < 4.78 is 41.7. The Morgan fingerprint density at radius 3 is 2.28 bits per heavy atom. The van der Waals surface area contributed by atoms with Gasteiger partial charge in [0.2, 0.25) is 5.91 Å². The maximum atomic E-state index is 13.9. The number of hydrogen-bond donors (Lipinski definition) is 2. The number of benzene rings is 1. The molecule has 43 heavy (non-hydrogen) atoms. The number of aromatic nitrogens is 1. The van der Waals surface area contributed by atoms with Gasteiger partial charge in [0.15, 0.2) is 0 Å². The smallest absolute Gasteiger partial charge is 0.383 e. The Kier molecular flexibility index (Phi) is 8.30. The molecule has 232 valence electrons. The number of hydrogen-bond acceptors (Lipinski definition) is 7. The fourth-order valence-corrected chi connectivity index (χ4v) is 5.95. The van der Waals surface area contributed by atoms with Crippen LogP contribution in [0.2, 0.25) is 0 Å². The maximum absolute atomic E-state index is 13.9. The molecule has 5 rings (SSSR count). The molecule has 1 aromatic heterocycles. The number of pyridine rings is 1. The van der Waals surface area contributed by atoms with E-state index in [-0.39, 0.29) is 25.9 Å². The number of halogens is 3. The number of piperazine rings is 2. The van der Waals surface area contributed by atoms with E-state index in [4.69, 9.17) is 5.73 Å². The first-order chi connectivity index (χ1) is 20.3. The van der Waals surface area contributed by atoms with Gasteiger partial charge in [0.05, 0.1) is 17.9 Å². The van der Waals surface area contributed by atoms with Crippen LogP contribution < -0.4 is 16.0 Å². The normalized spacial score (nSPS) is 22.3. The van der Waals surface area contributed by atoms with Crippen LogP contribution in [-0.4, -0.2) is 95.9 Å². The molecule has 0 bridgehead atoms. The van der Waals surface area contributed by atoms with Crippen LogP contribution in [-0.2, 0) is 20.8 Å². The number of nitrogens with one attached hydrogen (secondary N) is 1. The van der Waals surface area contributed by atoms with Crippen LogP contribution in [0.5, 0.6) is 0 Å². The monoisotopic (exact) mass is 601 g/mol. The quantitative estimate of drug-likeness (QED) is 0.507. The van der Waals surface area contributed by atoms with Crippen molar-refractivity contribution in [1.82, 2.24) is 19.7 Å². The van der Waals surface area contributed by atoms with Gasteiger partial charge in [0, 0.05) is 51.0 Å².